The van der Waals surface area contributed by atoms with Crippen LogP contribution in [0.4, 0.5) is 4.39 Å². The lowest BCUT2D eigenvalue weighted by Crippen LogP contribution is -2.02. The van der Waals surface area contributed by atoms with Crippen LogP contribution in [0, 0.1) is 5.82 Å². The molecule has 0 unspecified atom stereocenters. The summed E-state index contributed by atoms with van der Waals surface area (Å²) in [5, 5.41) is 0. The van der Waals surface area contributed by atoms with Crippen LogP contribution in [0.2, 0.25) is 0 Å². The fourth-order valence-corrected chi connectivity index (χ4v) is 2.75. The van der Waals surface area contributed by atoms with E-state index in [9.17, 15) is 12.8 Å². The Morgan fingerprint density at radius 1 is 1.14 bits per heavy atom. The van der Waals surface area contributed by atoms with Crippen molar-refractivity contribution in [1.82, 2.24) is 0 Å². The molecule has 0 aliphatic rings. The molecule has 2 aromatic carbocycles. The van der Waals surface area contributed by atoms with Crippen LogP contribution in [0.25, 0.3) is 0 Å². The van der Waals surface area contributed by atoms with E-state index in [1.54, 1.807) is 24.3 Å². The number of methoxy groups -OCH3 is 1. The monoisotopic (exact) mass is 330 g/mol. The molecule has 2 rings (SSSR count). The second-order valence-electron chi connectivity index (χ2n) is 4.13. The van der Waals surface area contributed by atoms with Crippen LogP contribution in [-0.2, 0) is 15.7 Å². The first-order chi connectivity index (χ1) is 9.91. The SMILES string of the molecule is COc1ccccc1COc1ccc(F)cc1S(=O)(=O)Cl. The lowest BCUT2D eigenvalue weighted by molar-refractivity contribution is 0.289. The van der Waals surface area contributed by atoms with Gasteiger partial charge in [0.15, 0.2) is 0 Å². The molecule has 0 saturated carbocycles. The molecule has 0 heterocycles. The Balaban J connectivity index is 2.29. The number of rotatable bonds is 5. The third-order valence-corrected chi connectivity index (χ3v) is 4.09. The zero-order valence-electron chi connectivity index (χ0n) is 11.0. The Kier molecular flexibility index (Phi) is 4.69. The molecule has 0 aromatic heterocycles. The molecule has 0 N–H and O–H groups in total. The standard InChI is InChI=1S/C14H12ClFO4S/c1-19-12-5-3-2-4-10(12)9-20-13-7-6-11(16)8-14(13)21(15,17)18/h2-8H,9H2,1H3. The van der Waals surface area contributed by atoms with Crippen molar-refractivity contribution in [2.75, 3.05) is 7.11 Å². The Hall–Kier alpha value is -1.79. The smallest absolute Gasteiger partial charge is 0.265 e. The van der Waals surface area contributed by atoms with Crippen molar-refractivity contribution in [1.29, 1.82) is 0 Å². The molecule has 0 saturated heterocycles. The van der Waals surface area contributed by atoms with Crippen molar-refractivity contribution in [3.05, 3.63) is 53.8 Å². The predicted molar refractivity (Wildman–Crippen MR) is 76.8 cm³/mol. The van der Waals surface area contributed by atoms with Gasteiger partial charge in [-0.15, -0.1) is 0 Å². The minimum absolute atomic E-state index is 0.0164. The van der Waals surface area contributed by atoms with Crippen LogP contribution in [0.15, 0.2) is 47.4 Å². The van der Waals surface area contributed by atoms with E-state index in [1.807, 2.05) is 0 Å². The highest BCUT2D eigenvalue weighted by Crippen LogP contribution is 2.29. The van der Waals surface area contributed by atoms with Crippen molar-refractivity contribution in [2.45, 2.75) is 11.5 Å². The average Bonchev–Trinajstić information content (AvgIpc) is 2.45. The Morgan fingerprint density at radius 3 is 2.52 bits per heavy atom. The van der Waals surface area contributed by atoms with Gasteiger partial charge in [0.1, 0.15) is 28.8 Å². The normalized spacial score (nSPS) is 11.2. The van der Waals surface area contributed by atoms with E-state index in [4.69, 9.17) is 20.2 Å². The molecule has 21 heavy (non-hydrogen) atoms. The molecule has 2 aromatic rings. The quantitative estimate of drug-likeness (QED) is 0.789. The van der Waals surface area contributed by atoms with Gasteiger partial charge in [0.25, 0.3) is 9.05 Å². The first-order valence-corrected chi connectivity index (χ1v) is 8.21. The molecule has 0 fully saturated rings. The van der Waals surface area contributed by atoms with Crippen LogP contribution in [0.1, 0.15) is 5.56 Å². The van der Waals surface area contributed by atoms with Gasteiger partial charge in [-0.05, 0) is 24.3 Å². The molecule has 7 heteroatoms. The number of hydrogen-bond acceptors (Lipinski definition) is 4. The highest BCUT2D eigenvalue weighted by atomic mass is 35.7. The summed E-state index contributed by atoms with van der Waals surface area (Å²) in [6.45, 7) is 0.0645. The Bertz CT molecular complexity index is 746. The van der Waals surface area contributed by atoms with E-state index in [-0.39, 0.29) is 12.4 Å². The van der Waals surface area contributed by atoms with Crippen LogP contribution < -0.4 is 9.47 Å². The molecular weight excluding hydrogens is 319 g/mol. The Morgan fingerprint density at radius 2 is 1.86 bits per heavy atom. The first-order valence-electron chi connectivity index (χ1n) is 5.90. The summed E-state index contributed by atoms with van der Waals surface area (Å²) in [6, 6.07) is 10.3. The van der Waals surface area contributed by atoms with Crippen LogP contribution in [0.5, 0.6) is 11.5 Å². The maximum absolute atomic E-state index is 13.2. The summed E-state index contributed by atoms with van der Waals surface area (Å²) in [5.41, 5.74) is 0.724. The first kappa shape index (κ1) is 15.6. The molecule has 0 radical (unpaired) electrons. The van der Waals surface area contributed by atoms with E-state index in [2.05, 4.69) is 0 Å². The molecule has 0 bridgehead atoms. The fourth-order valence-electron chi connectivity index (χ4n) is 1.77. The van der Waals surface area contributed by atoms with Crippen molar-refractivity contribution >= 4 is 19.7 Å². The zero-order chi connectivity index (χ0) is 15.5. The van der Waals surface area contributed by atoms with Crippen molar-refractivity contribution in [2.24, 2.45) is 0 Å². The largest absolute Gasteiger partial charge is 0.496 e. The van der Waals surface area contributed by atoms with Gasteiger partial charge in [-0.1, -0.05) is 18.2 Å². The van der Waals surface area contributed by atoms with Gasteiger partial charge in [0.2, 0.25) is 0 Å². The minimum atomic E-state index is -4.10. The predicted octanol–water partition coefficient (Wildman–Crippen LogP) is 3.34. The van der Waals surface area contributed by atoms with E-state index in [0.717, 1.165) is 17.7 Å². The lowest BCUT2D eigenvalue weighted by Gasteiger charge is -2.12. The highest BCUT2D eigenvalue weighted by molar-refractivity contribution is 8.13. The van der Waals surface area contributed by atoms with Gasteiger partial charge in [-0.2, -0.15) is 0 Å². The fraction of sp³-hybridized carbons (Fsp3) is 0.143. The molecule has 0 spiro atoms. The second kappa shape index (κ2) is 6.32. The van der Waals surface area contributed by atoms with Gasteiger partial charge in [0, 0.05) is 16.2 Å². The summed E-state index contributed by atoms with van der Waals surface area (Å²) < 4.78 is 46.6. The maximum atomic E-state index is 13.2. The van der Waals surface area contributed by atoms with Gasteiger partial charge in [0.05, 0.1) is 7.11 Å². The number of benzene rings is 2. The molecule has 112 valence electrons. The second-order valence-corrected chi connectivity index (χ2v) is 6.66. The van der Waals surface area contributed by atoms with Gasteiger partial charge >= 0.3 is 0 Å². The summed E-state index contributed by atoms with van der Waals surface area (Å²) in [7, 11) is 2.70. The van der Waals surface area contributed by atoms with Crippen LogP contribution in [-0.4, -0.2) is 15.5 Å². The van der Waals surface area contributed by atoms with E-state index in [0.29, 0.717) is 5.75 Å². The van der Waals surface area contributed by atoms with Gasteiger partial charge in [-0.3, -0.25) is 0 Å². The van der Waals surface area contributed by atoms with Crippen molar-refractivity contribution in [3.63, 3.8) is 0 Å². The number of para-hydroxylation sites is 1. The molecular formula is C14H12ClFO4S. The number of hydrogen-bond donors (Lipinski definition) is 0. The van der Waals surface area contributed by atoms with E-state index >= 15 is 0 Å². The number of ether oxygens (including phenoxy) is 2. The molecule has 0 amide bonds. The average molecular weight is 331 g/mol. The number of halogens is 2. The summed E-state index contributed by atoms with van der Waals surface area (Å²) in [6.07, 6.45) is 0. The minimum Gasteiger partial charge on any atom is -0.496 e. The molecule has 4 nitrogen and oxygen atoms in total. The summed E-state index contributed by atoms with van der Waals surface area (Å²) in [5.74, 6) is -0.119. The molecule has 0 aliphatic carbocycles. The summed E-state index contributed by atoms with van der Waals surface area (Å²) in [4.78, 5) is -0.404. The third-order valence-electron chi connectivity index (χ3n) is 2.74. The maximum Gasteiger partial charge on any atom is 0.265 e. The molecule has 0 atom stereocenters. The Labute approximate surface area is 126 Å². The van der Waals surface area contributed by atoms with E-state index < -0.39 is 19.8 Å². The van der Waals surface area contributed by atoms with Gasteiger partial charge in [-0.25, -0.2) is 12.8 Å². The summed E-state index contributed by atoms with van der Waals surface area (Å²) >= 11 is 0. The van der Waals surface area contributed by atoms with Crippen LogP contribution >= 0.6 is 10.7 Å². The third kappa shape index (κ3) is 3.86. The van der Waals surface area contributed by atoms with Crippen molar-refractivity contribution < 1.29 is 22.3 Å². The van der Waals surface area contributed by atoms with Gasteiger partial charge < -0.3 is 9.47 Å². The zero-order valence-corrected chi connectivity index (χ0v) is 12.6. The molecule has 0 aliphatic heterocycles. The van der Waals surface area contributed by atoms with Crippen molar-refractivity contribution in [3.8, 4) is 11.5 Å². The van der Waals surface area contributed by atoms with E-state index in [1.165, 1.54) is 13.2 Å². The topological polar surface area (TPSA) is 52.6 Å². The highest BCUT2D eigenvalue weighted by Gasteiger charge is 2.18. The lowest BCUT2D eigenvalue weighted by atomic mass is 10.2. The van der Waals surface area contributed by atoms with Crippen LogP contribution in [0.3, 0.4) is 0 Å².